The summed E-state index contributed by atoms with van der Waals surface area (Å²) < 4.78 is 16.6. The van der Waals surface area contributed by atoms with E-state index in [1.165, 1.54) is 39.7 Å². The number of aromatic hydroxyl groups is 1. The number of nitrogens with zero attached hydrogens (tertiary/aromatic N) is 3. The van der Waals surface area contributed by atoms with Crippen molar-refractivity contribution in [3.05, 3.63) is 80.8 Å². The standard InChI is InChI=1S/C28H26N4O6/c1-16-20(13-29)26(33)32(10-9-17-14-30-22-8-6-5-7-18(17)22)27(34)21(16)15-31-23-12-25(37-3)24(36-2)11-19(23)28(35)38-4/h5-8,11-12,14-15,30,34H,9-10H2,1-4H3. The van der Waals surface area contributed by atoms with Crippen molar-refractivity contribution in [3.8, 4) is 23.4 Å². The van der Waals surface area contributed by atoms with Gasteiger partial charge >= 0.3 is 5.97 Å². The number of aromatic nitrogens is 2. The third-order valence-electron chi connectivity index (χ3n) is 6.37. The molecule has 0 fully saturated rings. The SMILES string of the molecule is COC(=O)c1cc(OC)c(OC)cc1N=Cc1c(C)c(C#N)c(=O)n(CCc2c[nH]c3ccccc23)c1O. The summed E-state index contributed by atoms with van der Waals surface area (Å²) in [7, 11) is 4.12. The van der Waals surface area contributed by atoms with Crippen molar-refractivity contribution in [2.24, 2.45) is 4.99 Å². The Morgan fingerprint density at radius 2 is 1.89 bits per heavy atom. The normalized spacial score (nSPS) is 11.0. The van der Waals surface area contributed by atoms with E-state index >= 15 is 0 Å². The number of benzene rings is 2. The van der Waals surface area contributed by atoms with Crippen LogP contribution in [0.15, 0.2) is 52.4 Å². The average molecular weight is 515 g/mol. The van der Waals surface area contributed by atoms with E-state index < -0.39 is 11.5 Å². The molecule has 2 N–H and O–H groups in total. The third-order valence-corrected chi connectivity index (χ3v) is 6.37. The zero-order valence-electron chi connectivity index (χ0n) is 21.4. The van der Waals surface area contributed by atoms with Crippen LogP contribution in [0.2, 0.25) is 0 Å². The van der Waals surface area contributed by atoms with Crippen molar-refractivity contribution in [2.45, 2.75) is 19.9 Å². The van der Waals surface area contributed by atoms with Crippen LogP contribution in [0.25, 0.3) is 10.9 Å². The van der Waals surface area contributed by atoms with Crippen molar-refractivity contribution in [3.63, 3.8) is 0 Å². The number of esters is 1. The Morgan fingerprint density at radius 1 is 1.18 bits per heavy atom. The van der Waals surface area contributed by atoms with E-state index in [2.05, 4.69) is 9.98 Å². The van der Waals surface area contributed by atoms with Crippen LogP contribution < -0.4 is 15.0 Å². The van der Waals surface area contributed by atoms with Gasteiger partial charge in [-0.2, -0.15) is 5.26 Å². The molecule has 2 aromatic carbocycles. The van der Waals surface area contributed by atoms with E-state index in [9.17, 15) is 20.0 Å². The fourth-order valence-corrected chi connectivity index (χ4v) is 4.29. The number of carbonyl (C=O) groups excluding carboxylic acids is 1. The number of pyridine rings is 1. The maximum atomic E-state index is 13.1. The Labute approximate surface area is 218 Å². The lowest BCUT2D eigenvalue weighted by molar-refractivity contribution is 0.0601. The molecule has 194 valence electrons. The molecule has 10 nitrogen and oxygen atoms in total. The van der Waals surface area contributed by atoms with Gasteiger partial charge in [-0.1, -0.05) is 18.2 Å². The zero-order chi connectivity index (χ0) is 27.4. The first-order valence-corrected chi connectivity index (χ1v) is 11.6. The number of para-hydroxylation sites is 1. The minimum atomic E-state index is -0.652. The molecule has 0 spiro atoms. The molecular formula is C28H26N4O6. The first-order valence-electron chi connectivity index (χ1n) is 11.6. The third kappa shape index (κ3) is 4.69. The molecule has 0 atom stereocenters. The van der Waals surface area contributed by atoms with Gasteiger partial charge in [0, 0.05) is 42.0 Å². The van der Waals surface area contributed by atoms with Gasteiger partial charge in [0.25, 0.3) is 5.56 Å². The fourth-order valence-electron chi connectivity index (χ4n) is 4.29. The highest BCUT2D eigenvalue weighted by molar-refractivity contribution is 5.98. The zero-order valence-corrected chi connectivity index (χ0v) is 21.4. The molecule has 0 aliphatic rings. The van der Waals surface area contributed by atoms with Crippen molar-refractivity contribution in [1.82, 2.24) is 9.55 Å². The van der Waals surface area contributed by atoms with Crippen LogP contribution in [0, 0.1) is 18.3 Å². The van der Waals surface area contributed by atoms with Crippen LogP contribution in [0.4, 0.5) is 5.69 Å². The van der Waals surface area contributed by atoms with Crippen LogP contribution in [-0.2, 0) is 17.7 Å². The Balaban J connectivity index is 1.78. The first kappa shape index (κ1) is 26.0. The lowest BCUT2D eigenvalue weighted by Gasteiger charge is -2.14. The van der Waals surface area contributed by atoms with Gasteiger partial charge < -0.3 is 24.3 Å². The van der Waals surface area contributed by atoms with Crippen LogP contribution in [0.5, 0.6) is 17.4 Å². The number of ether oxygens (including phenoxy) is 3. The highest BCUT2D eigenvalue weighted by Crippen LogP contribution is 2.35. The highest BCUT2D eigenvalue weighted by atomic mass is 16.5. The molecule has 0 saturated heterocycles. The number of rotatable bonds is 8. The second-order valence-electron chi connectivity index (χ2n) is 8.39. The Kier molecular flexibility index (Phi) is 7.48. The van der Waals surface area contributed by atoms with Gasteiger partial charge in [-0.3, -0.25) is 14.4 Å². The molecular weight excluding hydrogens is 488 g/mol. The molecule has 10 heteroatoms. The maximum Gasteiger partial charge on any atom is 0.340 e. The number of aromatic amines is 1. The number of aryl methyl sites for hydroxylation is 1. The summed E-state index contributed by atoms with van der Waals surface area (Å²) in [4.78, 5) is 33.1. The van der Waals surface area contributed by atoms with Crippen molar-refractivity contribution in [1.29, 1.82) is 5.26 Å². The van der Waals surface area contributed by atoms with Gasteiger partial charge in [0.05, 0.1) is 38.1 Å². The molecule has 2 heterocycles. The van der Waals surface area contributed by atoms with Crippen LogP contribution in [0.1, 0.15) is 32.6 Å². The van der Waals surface area contributed by atoms with Gasteiger partial charge in [-0.15, -0.1) is 0 Å². The van der Waals surface area contributed by atoms with Crippen molar-refractivity contribution < 1.29 is 24.1 Å². The summed E-state index contributed by atoms with van der Waals surface area (Å²) in [5.74, 6) is -0.353. The summed E-state index contributed by atoms with van der Waals surface area (Å²) >= 11 is 0. The lowest BCUT2D eigenvalue weighted by atomic mass is 10.1. The van der Waals surface area contributed by atoms with Gasteiger partial charge in [0.2, 0.25) is 5.88 Å². The van der Waals surface area contributed by atoms with E-state index in [1.807, 2.05) is 36.5 Å². The molecule has 0 saturated carbocycles. The van der Waals surface area contributed by atoms with Crippen LogP contribution in [-0.4, -0.2) is 48.2 Å². The lowest BCUT2D eigenvalue weighted by Crippen LogP contribution is -2.26. The molecule has 38 heavy (non-hydrogen) atoms. The van der Waals surface area contributed by atoms with E-state index in [-0.39, 0.29) is 40.4 Å². The number of H-pyrrole nitrogens is 1. The maximum absolute atomic E-state index is 13.1. The number of hydrogen-bond donors (Lipinski definition) is 2. The molecule has 4 aromatic rings. The van der Waals surface area contributed by atoms with Crippen LogP contribution >= 0.6 is 0 Å². The molecule has 0 bridgehead atoms. The van der Waals surface area contributed by atoms with Crippen molar-refractivity contribution in [2.75, 3.05) is 21.3 Å². The van der Waals surface area contributed by atoms with Gasteiger partial charge in [0.1, 0.15) is 11.6 Å². The number of methoxy groups -OCH3 is 3. The van der Waals surface area contributed by atoms with Crippen LogP contribution in [0.3, 0.4) is 0 Å². The number of hydrogen-bond acceptors (Lipinski definition) is 8. The van der Waals surface area contributed by atoms with Gasteiger partial charge in [-0.25, -0.2) is 4.79 Å². The number of fused-ring (bicyclic) bond motifs is 1. The Morgan fingerprint density at radius 3 is 2.58 bits per heavy atom. The molecule has 2 aromatic heterocycles. The van der Waals surface area contributed by atoms with Crippen molar-refractivity contribution >= 4 is 28.8 Å². The summed E-state index contributed by atoms with van der Waals surface area (Å²) in [5, 5.41) is 21.8. The monoisotopic (exact) mass is 514 g/mol. The molecule has 4 rings (SSSR count). The summed E-state index contributed by atoms with van der Waals surface area (Å²) in [6.07, 6.45) is 3.60. The predicted octanol–water partition coefficient (Wildman–Crippen LogP) is 4.01. The second-order valence-corrected chi connectivity index (χ2v) is 8.39. The molecule has 0 radical (unpaired) electrons. The molecule has 0 aliphatic carbocycles. The minimum absolute atomic E-state index is 0.103. The Bertz CT molecular complexity index is 1660. The molecule has 0 aliphatic heterocycles. The smallest absolute Gasteiger partial charge is 0.340 e. The highest BCUT2D eigenvalue weighted by Gasteiger charge is 2.20. The largest absolute Gasteiger partial charge is 0.494 e. The van der Waals surface area contributed by atoms with E-state index in [0.717, 1.165) is 21.0 Å². The van der Waals surface area contributed by atoms with E-state index in [4.69, 9.17) is 14.2 Å². The van der Waals surface area contributed by atoms with Gasteiger partial charge in [-0.05, 0) is 30.5 Å². The Hall–Kier alpha value is -5.04. The van der Waals surface area contributed by atoms with E-state index in [0.29, 0.717) is 17.9 Å². The molecule has 0 unspecified atom stereocenters. The first-order chi connectivity index (χ1) is 18.3. The minimum Gasteiger partial charge on any atom is -0.494 e. The van der Waals surface area contributed by atoms with Gasteiger partial charge in [0.15, 0.2) is 11.5 Å². The van der Waals surface area contributed by atoms with E-state index in [1.54, 1.807) is 6.92 Å². The average Bonchev–Trinajstić information content (AvgIpc) is 3.35. The predicted molar refractivity (Wildman–Crippen MR) is 142 cm³/mol. The molecule has 0 amide bonds. The topological polar surface area (TPSA) is 139 Å². The number of carbonyl (C=O) groups is 1. The quantitative estimate of drug-likeness (QED) is 0.267. The number of nitriles is 1. The summed E-state index contributed by atoms with van der Waals surface area (Å²) in [6.45, 7) is 1.69. The second kappa shape index (κ2) is 10.9. The number of aliphatic imine (C=N–C) groups is 1. The fraction of sp³-hybridized carbons (Fsp3) is 0.214. The summed E-state index contributed by atoms with van der Waals surface area (Å²) in [6, 6.07) is 12.6. The summed E-state index contributed by atoms with van der Waals surface area (Å²) in [5.41, 5.74) is 1.95. The number of nitrogens with one attached hydrogen (secondary N) is 1.